The van der Waals surface area contributed by atoms with Crippen molar-refractivity contribution in [3.63, 3.8) is 0 Å². The molecule has 21 heavy (non-hydrogen) atoms. The average Bonchev–Trinajstić information content (AvgIpc) is 3.24. The predicted octanol–water partition coefficient (Wildman–Crippen LogP) is 2.20. The Morgan fingerprint density at radius 3 is 2.52 bits per heavy atom. The summed E-state index contributed by atoms with van der Waals surface area (Å²) >= 11 is 0. The molecule has 116 valence electrons. The van der Waals surface area contributed by atoms with Gasteiger partial charge in [0.2, 0.25) is 10.0 Å². The highest BCUT2D eigenvalue weighted by Crippen LogP contribution is 2.34. The number of sulfonamides is 1. The summed E-state index contributed by atoms with van der Waals surface area (Å²) in [6.07, 6.45) is 1.70. The minimum atomic E-state index is -3.67. The first kappa shape index (κ1) is 15.7. The van der Waals surface area contributed by atoms with Crippen LogP contribution in [-0.4, -0.2) is 36.8 Å². The molecular formula is C13H19N3O4S. The van der Waals surface area contributed by atoms with Crippen molar-refractivity contribution < 1.29 is 13.3 Å². The van der Waals surface area contributed by atoms with Gasteiger partial charge in [0.05, 0.1) is 9.82 Å². The van der Waals surface area contributed by atoms with E-state index in [2.05, 4.69) is 5.32 Å². The Balaban J connectivity index is 2.44. The number of benzene rings is 1. The van der Waals surface area contributed by atoms with Gasteiger partial charge in [-0.3, -0.25) is 10.1 Å². The highest BCUT2D eigenvalue weighted by molar-refractivity contribution is 7.89. The van der Waals surface area contributed by atoms with Gasteiger partial charge in [-0.25, -0.2) is 8.42 Å². The van der Waals surface area contributed by atoms with E-state index < -0.39 is 14.9 Å². The van der Waals surface area contributed by atoms with Crippen LogP contribution in [0.2, 0.25) is 0 Å². The Kier molecular flexibility index (Phi) is 4.48. The Hall–Kier alpha value is -1.67. The summed E-state index contributed by atoms with van der Waals surface area (Å²) in [7, 11) is -3.67. The number of nitro benzene ring substituents is 1. The van der Waals surface area contributed by atoms with Gasteiger partial charge in [-0.1, -0.05) is 6.92 Å². The lowest BCUT2D eigenvalue weighted by molar-refractivity contribution is -0.384. The van der Waals surface area contributed by atoms with Gasteiger partial charge in [0.15, 0.2) is 0 Å². The van der Waals surface area contributed by atoms with E-state index in [-0.39, 0.29) is 16.6 Å². The molecule has 1 N–H and O–H groups in total. The first-order valence-corrected chi connectivity index (χ1v) is 8.40. The summed E-state index contributed by atoms with van der Waals surface area (Å²) in [5, 5.41) is 14.0. The van der Waals surface area contributed by atoms with Gasteiger partial charge < -0.3 is 5.32 Å². The minimum Gasteiger partial charge on any atom is -0.380 e. The van der Waals surface area contributed by atoms with Gasteiger partial charge in [0.1, 0.15) is 5.69 Å². The van der Waals surface area contributed by atoms with Crippen LogP contribution in [0.25, 0.3) is 0 Å². The predicted molar refractivity (Wildman–Crippen MR) is 79.8 cm³/mol. The maximum atomic E-state index is 12.6. The molecule has 0 radical (unpaired) electrons. The number of nitrogens with one attached hydrogen (secondary N) is 1. The molecule has 1 aliphatic rings. The topological polar surface area (TPSA) is 92.6 Å². The van der Waals surface area contributed by atoms with Gasteiger partial charge in [0.25, 0.3) is 5.69 Å². The molecule has 1 aromatic carbocycles. The standard InChI is InChI=1S/C13H19N3O4S/c1-3-14-12-8-7-11(9-13(12)16(17)18)21(19,20)15(4-2)10-5-6-10/h7-10,14H,3-6H2,1-2H3. The molecule has 0 unspecified atom stereocenters. The summed E-state index contributed by atoms with van der Waals surface area (Å²) in [5.41, 5.74) is 0.112. The monoisotopic (exact) mass is 313 g/mol. The van der Waals surface area contributed by atoms with Gasteiger partial charge >= 0.3 is 0 Å². The number of nitrogens with zero attached hydrogens (tertiary/aromatic N) is 2. The Morgan fingerprint density at radius 1 is 1.38 bits per heavy atom. The molecule has 0 amide bonds. The van der Waals surface area contributed by atoms with E-state index in [1.165, 1.54) is 16.4 Å². The molecule has 0 saturated heterocycles. The van der Waals surface area contributed by atoms with E-state index >= 15 is 0 Å². The molecule has 0 aromatic heterocycles. The fourth-order valence-electron chi connectivity index (χ4n) is 2.29. The van der Waals surface area contributed by atoms with Crippen LogP contribution in [-0.2, 0) is 10.0 Å². The molecule has 1 fully saturated rings. The molecular weight excluding hydrogens is 294 g/mol. The molecule has 0 spiro atoms. The van der Waals surface area contributed by atoms with Crippen LogP contribution >= 0.6 is 0 Å². The van der Waals surface area contributed by atoms with Crippen LogP contribution in [0.5, 0.6) is 0 Å². The SMILES string of the molecule is CCNc1ccc(S(=O)(=O)N(CC)C2CC2)cc1[N+](=O)[O-]. The lowest BCUT2D eigenvalue weighted by Crippen LogP contribution is -2.32. The third-order valence-electron chi connectivity index (χ3n) is 3.41. The largest absolute Gasteiger partial charge is 0.380 e. The van der Waals surface area contributed by atoms with Gasteiger partial charge in [0, 0.05) is 25.2 Å². The first-order valence-electron chi connectivity index (χ1n) is 6.96. The van der Waals surface area contributed by atoms with E-state index in [1.807, 2.05) is 6.92 Å². The van der Waals surface area contributed by atoms with Crippen LogP contribution in [0.1, 0.15) is 26.7 Å². The van der Waals surface area contributed by atoms with E-state index in [9.17, 15) is 18.5 Å². The Bertz CT molecular complexity index is 641. The molecule has 1 aromatic rings. The van der Waals surface area contributed by atoms with Crippen molar-refractivity contribution in [2.75, 3.05) is 18.4 Å². The lowest BCUT2D eigenvalue weighted by Gasteiger charge is -2.20. The lowest BCUT2D eigenvalue weighted by atomic mass is 10.2. The van der Waals surface area contributed by atoms with Crippen LogP contribution in [0.15, 0.2) is 23.1 Å². The van der Waals surface area contributed by atoms with E-state index in [4.69, 9.17) is 0 Å². The molecule has 0 heterocycles. The number of hydrogen-bond donors (Lipinski definition) is 1. The summed E-state index contributed by atoms with van der Waals surface area (Å²) in [6.45, 7) is 4.49. The molecule has 0 atom stereocenters. The number of anilines is 1. The zero-order chi connectivity index (χ0) is 15.6. The van der Waals surface area contributed by atoms with Gasteiger partial charge in [-0.2, -0.15) is 4.31 Å². The van der Waals surface area contributed by atoms with E-state index in [0.717, 1.165) is 18.9 Å². The molecule has 7 nitrogen and oxygen atoms in total. The highest BCUT2D eigenvalue weighted by Gasteiger charge is 2.37. The average molecular weight is 313 g/mol. The minimum absolute atomic E-state index is 0.0235. The Labute approximate surface area is 124 Å². The fraction of sp³-hybridized carbons (Fsp3) is 0.538. The second kappa shape index (κ2) is 5.98. The summed E-state index contributed by atoms with van der Waals surface area (Å²) in [6, 6.07) is 4.05. The van der Waals surface area contributed by atoms with Crippen LogP contribution in [0, 0.1) is 10.1 Å². The van der Waals surface area contributed by atoms with Crippen molar-refractivity contribution in [1.29, 1.82) is 0 Å². The van der Waals surface area contributed by atoms with Crippen molar-refractivity contribution in [3.05, 3.63) is 28.3 Å². The molecule has 2 rings (SSSR count). The van der Waals surface area contributed by atoms with Crippen molar-refractivity contribution in [2.24, 2.45) is 0 Å². The van der Waals surface area contributed by atoms with Crippen LogP contribution in [0.3, 0.4) is 0 Å². The maximum absolute atomic E-state index is 12.6. The van der Waals surface area contributed by atoms with E-state index in [0.29, 0.717) is 18.8 Å². The zero-order valence-corrected chi connectivity index (χ0v) is 12.9. The summed E-state index contributed by atoms with van der Waals surface area (Å²) in [4.78, 5) is 10.5. The molecule has 0 bridgehead atoms. The van der Waals surface area contributed by atoms with Crippen LogP contribution in [0.4, 0.5) is 11.4 Å². The second-order valence-electron chi connectivity index (χ2n) is 4.91. The third kappa shape index (κ3) is 3.16. The number of nitro groups is 1. The molecule has 1 aliphatic carbocycles. The van der Waals surface area contributed by atoms with Crippen molar-refractivity contribution in [3.8, 4) is 0 Å². The molecule has 8 heteroatoms. The van der Waals surface area contributed by atoms with E-state index in [1.54, 1.807) is 6.92 Å². The van der Waals surface area contributed by atoms with Crippen molar-refractivity contribution in [2.45, 2.75) is 37.6 Å². The van der Waals surface area contributed by atoms with Gasteiger partial charge in [-0.15, -0.1) is 0 Å². The maximum Gasteiger partial charge on any atom is 0.293 e. The quantitative estimate of drug-likeness (QED) is 0.615. The second-order valence-corrected chi connectivity index (χ2v) is 6.80. The van der Waals surface area contributed by atoms with Crippen molar-refractivity contribution >= 4 is 21.4 Å². The van der Waals surface area contributed by atoms with Gasteiger partial charge in [-0.05, 0) is 31.9 Å². The zero-order valence-electron chi connectivity index (χ0n) is 12.1. The highest BCUT2D eigenvalue weighted by atomic mass is 32.2. The Morgan fingerprint density at radius 2 is 2.05 bits per heavy atom. The smallest absolute Gasteiger partial charge is 0.293 e. The normalized spacial score (nSPS) is 15.2. The van der Waals surface area contributed by atoms with Crippen molar-refractivity contribution in [1.82, 2.24) is 4.31 Å². The number of rotatable bonds is 7. The first-order chi connectivity index (χ1) is 9.91. The third-order valence-corrected chi connectivity index (χ3v) is 5.43. The fourth-order valence-corrected chi connectivity index (χ4v) is 4.00. The van der Waals surface area contributed by atoms with Crippen LogP contribution < -0.4 is 5.32 Å². The summed E-state index contributed by atoms with van der Waals surface area (Å²) < 4.78 is 26.6. The molecule has 0 aliphatic heterocycles. The summed E-state index contributed by atoms with van der Waals surface area (Å²) in [5.74, 6) is 0. The number of hydrogen-bond acceptors (Lipinski definition) is 5. The molecule has 1 saturated carbocycles.